The van der Waals surface area contributed by atoms with Crippen LogP contribution in [-0.2, 0) is 16.2 Å². The quantitative estimate of drug-likeness (QED) is 0.451. The molecule has 34 heavy (non-hydrogen) atoms. The van der Waals surface area contributed by atoms with E-state index in [0.29, 0.717) is 18.7 Å². The average Bonchev–Trinajstić information content (AvgIpc) is 3.07. The van der Waals surface area contributed by atoms with Crippen LogP contribution in [0.25, 0.3) is 6.08 Å². The Morgan fingerprint density at radius 2 is 1.71 bits per heavy atom. The van der Waals surface area contributed by atoms with Gasteiger partial charge in [0.2, 0.25) is 5.91 Å². The molecule has 2 fully saturated rings. The zero-order valence-electron chi connectivity index (χ0n) is 18.1. The summed E-state index contributed by atoms with van der Waals surface area (Å²) in [6, 6.07) is 8.99. The number of carbonyl (C=O) groups excluding carboxylic acids is 3. The Kier molecular flexibility index (Phi) is 7.80. The normalized spacial score (nSPS) is 17.6. The van der Waals surface area contributed by atoms with Crippen LogP contribution in [0.1, 0.15) is 30.4 Å². The smallest absolute Gasteiger partial charge is 0.294 e. The van der Waals surface area contributed by atoms with Crippen LogP contribution in [0, 0.1) is 5.82 Å². The van der Waals surface area contributed by atoms with E-state index < -0.39 is 11.1 Å². The number of ether oxygens (including phenoxy) is 1. The first-order valence-corrected chi connectivity index (χ1v) is 12.3. The van der Waals surface area contributed by atoms with Gasteiger partial charge in [-0.3, -0.25) is 19.3 Å². The Bertz CT molecular complexity index is 1130. The van der Waals surface area contributed by atoms with Crippen LogP contribution in [-0.4, -0.2) is 46.5 Å². The first kappa shape index (κ1) is 24.6. The third kappa shape index (κ3) is 5.74. The van der Waals surface area contributed by atoms with Gasteiger partial charge in [-0.2, -0.15) is 0 Å². The maximum Gasteiger partial charge on any atom is 0.294 e. The highest BCUT2D eigenvalue weighted by atomic mass is 35.5. The first-order chi connectivity index (χ1) is 16.3. The van der Waals surface area contributed by atoms with Crippen molar-refractivity contribution in [1.82, 2.24) is 9.80 Å². The molecule has 0 atom stereocenters. The second kappa shape index (κ2) is 10.8. The molecule has 3 amide bonds. The third-order valence-corrected chi connectivity index (χ3v) is 6.96. The van der Waals surface area contributed by atoms with Crippen molar-refractivity contribution in [3.8, 4) is 5.75 Å². The van der Waals surface area contributed by atoms with Gasteiger partial charge in [-0.25, -0.2) is 4.39 Å². The van der Waals surface area contributed by atoms with Crippen molar-refractivity contribution in [3.63, 3.8) is 0 Å². The van der Waals surface area contributed by atoms with Crippen LogP contribution in [0.5, 0.6) is 5.75 Å². The lowest BCUT2D eigenvalue weighted by atomic mass is 10.1. The van der Waals surface area contributed by atoms with Crippen molar-refractivity contribution >= 4 is 58.1 Å². The largest absolute Gasteiger partial charge is 0.486 e. The van der Waals surface area contributed by atoms with Crippen molar-refractivity contribution in [1.29, 1.82) is 0 Å². The number of benzene rings is 2. The SMILES string of the molecule is O=C(CN1C(=O)S/C(=C\c2cc(Cl)c(OCc3ccc(F)cc3)c(Cl)c2)C1=O)N1CCCCC1. The fourth-order valence-electron chi connectivity index (χ4n) is 3.70. The van der Waals surface area contributed by atoms with Gasteiger partial charge in [0.05, 0.1) is 15.0 Å². The third-order valence-electron chi connectivity index (χ3n) is 5.49. The summed E-state index contributed by atoms with van der Waals surface area (Å²) in [5, 5.41) is -0.0428. The molecule has 0 spiro atoms. The highest BCUT2D eigenvalue weighted by molar-refractivity contribution is 8.18. The number of rotatable bonds is 6. The summed E-state index contributed by atoms with van der Waals surface area (Å²) >= 11 is 13.5. The van der Waals surface area contributed by atoms with Crippen molar-refractivity contribution in [2.75, 3.05) is 19.6 Å². The van der Waals surface area contributed by atoms with E-state index in [4.69, 9.17) is 27.9 Å². The highest BCUT2D eigenvalue weighted by Crippen LogP contribution is 2.37. The van der Waals surface area contributed by atoms with Gasteiger partial charge in [-0.05, 0) is 72.5 Å². The lowest BCUT2D eigenvalue weighted by Gasteiger charge is -2.27. The standard InChI is InChI=1S/C24H21Cl2FN2O4S/c25-18-10-16(11-19(26)22(18)33-14-15-4-6-17(27)7-5-15)12-20-23(31)29(24(32)34-20)13-21(30)28-8-2-1-3-9-28/h4-7,10-12H,1-3,8-9,13-14H2/b20-12-. The minimum atomic E-state index is -0.524. The van der Waals surface area contributed by atoms with Gasteiger partial charge in [0, 0.05) is 13.1 Å². The van der Waals surface area contributed by atoms with Gasteiger partial charge in [-0.1, -0.05) is 35.3 Å². The first-order valence-electron chi connectivity index (χ1n) is 10.7. The lowest BCUT2D eigenvalue weighted by Crippen LogP contribution is -2.44. The molecular formula is C24H21Cl2FN2O4S. The zero-order valence-corrected chi connectivity index (χ0v) is 20.4. The monoisotopic (exact) mass is 522 g/mol. The molecule has 0 N–H and O–H groups in total. The summed E-state index contributed by atoms with van der Waals surface area (Å²) in [6.07, 6.45) is 4.45. The number of hydrogen-bond donors (Lipinski definition) is 0. The summed E-state index contributed by atoms with van der Waals surface area (Å²) in [4.78, 5) is 40.5. The number of carbonyl (C=O) groups is 3. The van der Waals surface area contributed by atoms with Gasteiger partial charge in [-0.15, -0.1) is 0 Å². The zero-order chi connectivity index (χ0) is 24.2. The Morgan fingerprint density at radius 3 is 2.35 bits per heavy atom. The van der Waals surface area contributed by atoms with E-state index in [9.17, 15) is 18.8 Å². The maximum absolute atomic E-state index is 13.1. The van der Waals surface area contributed by atoms with Crippen LogP contribution in [0.4, 0.5) is 9.18 Å². The molecule has 178 valence electrons. The minimum Gasteiger partial charge on any atom is -0.486 e. The van der Waals surface area contributed by atoms with Crippen LogP contribution in [0.2, 0.25) is 10.0 Å². The number of likely N-dealkylation sites (tertiary alicyclic amines) is 1. The Balaban J connectivity index is 1.44. The van der Waals surface area contributed by atoms with Crippen molar-refractivity contribution in [2.45, 2.75) is 25.9 Å². The fraction of sp³-hybridized carbons (Fsp3) is 0.292. The Labute approximate surface area is 210 Å². The molecule has 2 saturated heterocycles. The van der Waals surface area contributed by atoms with E-state index in [1.165, 1.54) is 18.2 Å². The Hall–Kier alpha value is -2.55. The summed E-state index contributed by atoms with van der Waals surface area (Å²) < 4.78 is 18.7. The van der Waals surface area contributed by atoms with E-state index in [0.717, 1.165) is 41.5 Å². The number of thioether (sulfide) groups is 1. The number of hydrogen-bond acceptors (Lipinski definition) is 5. The molecule has 0 radical (unpaired) electrons. The fourth-order valence-corrected chi connectivity index (χ4v) is 5.15. The van der Waals surface area contributed by atoms with E-state index in [1.807, 2.05) is 0 Å². The number of nitrogens with zero attached hydrogens (tertiary/aromatic N) is 2. The van der Waals surface area contributed by atoms with Gasteiger partial charge in [0.25, 0.3) is 11.1 Å². The molecule has 2 aliphatic rings. The summed E-state index contributed by atoms with van der Waals surface area (Å²) in [7, 11) is 0. The second-order valence-electron chi connectivity index (χ2n) is 7.94. The van der Waals surface area contributed by atoms with E-state index in [1.54, 1.807) is 29.2 Å². The van der Waals surface area contributed by atoms with E-state index in [-0.39, 0.29) is 45.6 Å². The number of halogens is 3. The maximum atomic E-state index is 13.1. The predicted molar refractivity (Wildman–Crippen MR) is 130 cm³/mol. The summed E-state index contributed by atoms with van der Waals surface area (Å²) in [6.45, 7) is 1.18. The predicted octanol–water partition coefficient (Wildman–Crippen LogP) is 5.76. The minimum absolute atomic E-state index is 0.142. The molecule has 0 bridgehead atoms. The van der Waals surface area contributed by atoms with Crippen molar-refractivity contribution in [3.05, 3.63) is 68.3 Å². The highest BCUT2D eigenvalue weighted by Gasteiger charge is 2.37. The molecule has 0 aliphatic carbocycles. The van der Waals surface area contributed by atoms with Gasteiger partial charge < -0.3 is 9.64 Å². The molecule has 2 heterocycles. The molecule has 2 aromatic carbocycles. The van der Waals surface area contributed by atoms with E-state index in [2.05, 4.69) is 0 Å². The average molecular weight is 523 g/mol. The summed E-state index contributed by atoms with van der Waals surface area (Å²) in [5.41, 5.74) is 1.25. The molecule has 10 heteroatoms. The van der Waals surface area contributed by atoms with Crippen LogP contribution >= 0.6 is 35.0 Å². The lowest BCUT2D eigenvalue weighted by molar-refractivity contribution is -0.136. The van der Waals surface area contributed by atoms with Crippen LogP contribution in [0.3, 0.4) is 0 Å². The van der Waals surface area contributed by atoms with Crippen LogP contribution < -0.4 is 4.74 Å². The van der Waals surface area contributed by atoms with Gasteiger partial charge in [0.1, 0.15) is 19.0 Å². The van der Waals surface area contributed by atoms with Gasteiger partial charge >= 0.3 is 0 Å². The summed E-state index contributed by atoms with van der Waals surface area (Å²) in [5.74, 6) is -0.837. The molecular weight excluding hydrogens is 502 g/mol. The second-order valence-corrected chi connectivity index (χ2v) is 9.75. The topological polar surface area (TPSA) is 66.9 Å². The number of piperidine rings is 1. The number of amides is 3. The molecule has 2 aliphatic heterocycles. The van der Waals surface area contributed by atoms with Crippen molar-refractivity contribution < 1.29 is 23.5 Å². The van der Waals surface area contributed by atoms with Crippen molar-refractivity contribution in [2.24, 2.45) is 0 Å². The molecule has 6 nitrogen and oxygen atoms in total. The molecule has 0 saturated carbocycles. The van der Waals surface area contributed by atoms with Gasteiger partial charge in [0.15, 0.2) is 5.75 Å². The molecule has 2 aromatic rings. The molecule has 0 unspecified atom stereocenters. The Morgan fingerprint density at radius 1 is 1.06 bits per heavy atom. The number of imide groups is 1. The van der Waals surface area contributed by atoms with Crippen LogP contribution in [0.15, 0.2) is 41.3 Å². The molecule has 0 aromatic heterocycles. The van der Waals surface area contributed by atoms with E-state index >= 15 is 0 Å². The molecule has 4 rings (SSSR count).